The molecule has 0 amide bonds. The average molecular weight is 397 g/mol. The van der Waals surface area contributed by atoms with Crippen LogP contribution >= 0.6 is 0 Å². The highest BCUT2D eigenvalue weighted by Crippen LogP contribution is 2.49. The maximum Gasteiger partial charge on any atom is 0.136 e. The van der Waals surface area contributed by atoms with Gasteiger partial charge in [0.2, 0.25) is 0 Å². The van der Waals surface area contributed by atoms with Gasteiger partial charge in [0, 0.05) is 22.4 Å². The number of hydrogen-bond donors (Lipinski definition) is 1. The molecule has 2 heterocycles. The molecule has 0 unspecified atom stereocenters. The molecule has 3 heteroatoms. The van der Waals surface area contributed by atoms with Crippen LogP contribution in [0.25, 0.3) is 28.5 Å². The highest BCUT2D eigenvalue weighted by Gasteiger charge is 2.31. The first kappa shape index (κ1) is 18.7. The maximum absolute atomic E-state index is 14.1. The predicted molar refractivity (Wildman–Crippen MR) is 123 cm³/mol. The first-order valence-electron chi connectivity index (χ1n) is 10.2. The minimum atomic E-state index is -0.265. The van der Waals surface area contributed by atoms with E-state index in [1.807, 2.05) is 6.07 Å². The maximum atomic E-state index is 14.1. The summed E-state index contributed by atoms with van der Waals surface area (Å²) in [4.78, 5) is 0. The van der Waals surface area contributed by atoms with Gasteiger partial charge in [-0.05, 0) is 74.7 Å². The Bertz CT molecular complexity index is 1250. The summed E-state index contributed by atoms with van der Waals surface area (Å²) in [5, 5.41) is 3.61. The molecule has 1 N–H and O–H groups in total. The van der Waals surface area contributed by atoms with Gasteiger partial charge >= 0.3 is 0 Å². The van der Waals surface area contributed by atoms with E-state index in [1.165, 1.54) is 17.2 Å². The van der Waals surface area contributed by atoms with Crippen LogP contribution in [-0.2, 0) is 0 Å². The Morgan fingerprint density at radius 2 is 1.77 bits per heavy atom. The van der Waals surface area contributed by atoms with Crippen molar-refractivity contribution in [3.63, 3.8) is 0 Å². The second-order valence-electron chi connectivity index (χ2n) is 8.75. The lowest BCUT2D eigenvalue weighted by atomic mass is 9.83. The summed E-state index contributed by atoms with van der Waals surface area (Å²) >= 11 is 0. The van der Waals surface area contributed by atoms with E-state index in [4.69, 9.17) is 4.74 Å². The summed E-state index contributed by atoms with van der Waals surface area (Å²) in [5.41, 5.74) is 8.27. The van der Waals surface area contributed by atoms with Gasteiger partial charge in [0.25, 0.3) is 0 Å². The Kier molecular flexibility index (Phi) is 4.11. The third kappa shape index (κ3) is 3.11. The second kappa shape index (κ2) is 6.60. The lowest BCUT2D eigenvalue weighted by Gasteiger charge is -2.35. The Balaban J connectivity index is 1.81. The van der Waals surface area contributed by atoms with E-state index in [2.05, 4.69) is 75.5 Å². The molecule has 0 aliphatic carbocycles. The fourth-order valence-corrected chi connectivity index (χ4v) is 4.58. The summed E-state index contributed by atoms with van der Waals surface area (Å²) < 4.78 is 20.5. The molecule has 0 fully saturated rings. The zero-order valence-electron chi connectivity index (χ0n) is 17.6. The van der Waals surface area contributed by atoms with Crippen LogP contribution in [0, 0.1) is 12.7 Å². The zero-order chi connectivity index (χ0) is 21.0. The van der Waals surface area contributed by atoms with Crippen molar-refractivity contribution in [3.05, 3.63) is 88.7 Å². The molecule has 0 bridgehead atoms. The van der Waals surface area contributed by atoms with Crippen LogP contribution in [0.5, 0.6) is 5.75 Å². The smallest absolute Gasteiger partial charge is 0.136 e. The average Bonchev–Trinajstić information content (AvgIpc) is 2.67. The van der Waals surface area contributed by atoms with E-state index in [0.717, 1.165) is 39.3 Å². The van der Waals surface area contributed by atoms with Gasteiger partial charge in [0.05, 0.1) is 5.54 Å². The van der Waals surface area contributed by atoms with Crippen LogP contribution in [0.2, 0.25) is 0 Å². The minimum absolute atomic E-state index is 0.134. The monoisotopic (exact) mass is 397 g/mol. The van der Waals surface area contributed by atoms with E-state index < -0.39 is 0 Å². The molecule has 0 aromatic heterocycles. The normalized spacial score (nSPS) is 17.2. The van der Waals surface area contributed by atoms with Gasteiger partial charge in [0.15, 0.2) is 0 Å². The third-order valence-electron chi connectivity index (χ3n) is 5.67. The lowest BCUT2D eigenvalue weighted by molar-refractivity contribution is 0.511. The quantitative estimate of drug-likeness (QED) is 0.465. The number of fused-ring (bicyclic) bond motifs is 5. The molecular formula is C27H24FNO. The Labute approximate surface area is 176 Å². The van der Waals surface area contributed by atoms with Crippen molar-refractivity contribution < 1.29 is 9.13 Å². The van der Waals surface area contributed by atoms with Crippen molar-refractivity contribution >= 4 is 23.1 Å². The third-order valence-corrected chi connectivity index (χ3v) is 5.67. The number of nitrogens with one attached hydrogen (secondary N) is 1. The number of aryl methyl sites for hydroxylation is 1. The van der Waals surface area contributed by atoms with Crippen molar-refractivity contribution in [1.82, 2.24) is 0 Å². The molecule has 2 nitrogen and oxygen atoms in total. The van der Waals surface area contributed by atoms with Gasteiger partial charge in [-0.2, -0.15) is 0 Å². The Morgan fingerprint density at radius 3 is 2.57 bits per heavy atom. The molecule has 5 rings (SSSR count). The molecule has 150 valence electrons. The van der Waals surface area contributed by atoms with Crippen molar-refractivity contribution in [1.29, 1.82) is 0 Å². The van der Waals surface area contributed by atoms with Crippen molar-refractivity contribution in [2.75, 3.05) is 5.32 Å². The fraction of sp³-hybridized carbons (Fsp3) is 0.185. The van der Waals surface area contributed by atoms with Crippen molar-refractivity contribution in [2.45, 2.75) is 33.2 Å². The lowest BCUT2D eigenvalue weighted by Crippen LogP contribution is -2.32. The first-order chi connectivity index (χ1) is 14.3. The van der Waals surface area contributed by atoms with Crippen LogP contribution in [0.15, 0.2) is 60.7 Å². The molecule has 0 atom stereocenters. The molecular weight excluding hydrogens is 373 g/mol. The summed E-state index contributed by atoms with van der Waals surface area (Å²) in [6.07, 6.45) is 4.31. The van der Waals surface area contributed by atoms with Gasteiger partial charge < -0.3 is 10.1 Å². The molecule has 0 radical (unpaired) electrons. The number of rotatable bonds is 1. The minimum Gasteiger partial charge on any atom is -0.456 e. The zero-order valence-corrected chi connectivity index (χ0v) is 17.6. The van der Waals surface area contributed by atoms with Crippen LogP contribution in [0.1, 0.15) is 43.0 Å². The van der Waals surface area contributed by atoms with Crippen LogP contribution < -0.4 is 10.1 Å². The van der Waals surface area contributed by atoms with Crippen LogP contribution in [0.3, 0.4) is 0 Å². The largest absolute Gasteiger partial charge is 0.456 e. The number of ether oxygens (including phenoxy) is 1. The van der Waals surface area contributed by atoms with E-state index >= 15 is 0 Å². The predicted octanol–water partition coefficient (Wildman–Crippen LogP) is 7.30. The van der Waals surface area contributed by atoms with Gasteiger partial charge in [-0.3, -0.25) is 0 Å². The van der Waals surface area contributed by atoms with Crippen molar-refractivity contribution in [3.8, 4) is 16.9 Å². The molecule has 0 saturated heterocycles. The first-order valence-corrected chi connectivity index (χ1v) is 10.2. The Morgan fingerprint density at radius 1 is 0.933 bits per heavy atom. The van der Waals surface area contributed by atoms with E-state index in [9.17, 15) is 4.39 Å². The van der Waals surface area contributed by atoms with Gasteiger partial charge in [-0.25, -0.2) is 4.39 Å². The van der Waals surface area contributed by atoms with E-state index in [-0.39, 0.29) is 11.4 Å². The molecule has 3 aromatic carbocycles. The number of allylic oxidation sites excluding steroid dienone is 1. The number of halogens is 1. The second-order valence-corrected chi connectivity index (χ2v) is 8.75. The van der Waals surface area contributed by atoms with Gasteiger partial charge in [-0.15, -0.1) is 0 Å². The number of hydrogen-bond acceptors (Lipinski definition) is 2. The van der Waals surface area contributed by atoms with Crippen molar-refractivity contribution in [2.24, 2.45) is 0 Å². The highest BCUT2D eigenvalue weighted by atomic mass is 19.1. The molecule has 3 aromatic rings. The van der Waals surface area contributed by atoms with Crippen LogP contribution in [-0.4, -0.2) is 5.54 Å². The molecule has 30 heavy (non-hydrogen) atoms. The Hall–Kier alpha value is -3.33. The van der Waals surface area contributed by atoms with Gasteiger partial charge in [0.1, 0.15) is 17.3 Å². The molecule has 2 aliphatic rings. The summed E-state index contributed by atoms with van der Waals surface area (Å²) in [5.74, 6) is 1.19. The van der Waals surface area contributed by atoms with E-state index in [0.29, 0.717) is 5.75 Å². The summed E-state index contributed by atoms with van der Waals surface area (Å²) in [6, 6.07) is 17.2. The number of anilines is 1. The molecule has 2 aliphatic heterocycles. The van der Waals surface area contributed by atoms with Crippen LogP contribution in [0.4, 0.5) is 10.1 Å². The SMILES string of the molecule is CC1=CC(C)(C)Nc2ccc3c(c21)/C(=C/c1cccc(C)c1)Oc1ccc(F)cc1-3. The van der Waals surface area contributed by atoms with E-state index in [1.54, 1.807) is 12.1 Å². The summed E-state index contributed by atoms with van der Waals surface area (Å²) in [7, 11) is 0. The highest BCUT2D eigenvalue weighted by molar-refractivity contribution is 6.00. The topological polar surface area (TPSA) is 21.3 Å². The summed E-state index contributed by atoms with van der Waals surface area (Å²) in [6.45, 7) is 8.52. The van der Waals surface area contributed by atoms with Gasteiger partial charge in [-0.1, -0.05) is 42.0 Å². The molecule has 0 saturated carbocycles. The number of benzene rings is 3. The fourth-order valence-electron chi connectivity index (χ4n) is 4.58. The molecule has 0 spiro atoms. The standard InChI is InChI=1S/C27H24FNO/c1-16-6-5-7-18(12-16)13-24-26-20(21-14-19(28)8-11-23(21)30-24)9-10-22-25(26)17(2)15-27(3,4)29-22/h5-15,29H,1-4H3/b24-13-.